The molecule has 2 aromatic carbocycles. The molecule has 142 valence electrons. The van der Waals surface area contributed by atoms with Crippen LogP contribution in [0, 0.1) is 0 Å². The summed E-state index contributed by atoms with van der Waals surface area (Å²) in [5, 5.41) is 3.41. The fourth-order valence-corrected chi connectivity index (χ4v) is 3.21. The number of nitrogens with one attached hydrogen (secondary N) is 1. The highest BCUT2D eigenvalue weighted by Crippen LogP contribution is 2.26. The van der Waals surface area contributed by atoms with Crippen LogP contribution in [0.4, 0.5) is 0 Å². The Morgan fingerprint density at radius 2 is 1.81 bits per heavy atom. The molecule has 0 unspecified atom stereocenters. The lowest BCUT2D eigenvalue weighted by Crippen LogP contribution is -2.31. The van der Waals surface area contributed by atoms with Crippen molar-refractivity contribution in [3.8, 4) is 5.75 Å². The second kappa shape index (κ2) is 8.91. The zero-order chi connectivity index (χ0) is 19.2. The Kier molecular flexibility index (Phi) is 6.35. The largest absolute Gasteiger partial charge is 0.482 e. The molecule has 27 heavy (non-hydrogen) atoms. The van der Waals surface area contributed by atoms with Gasteiger partial charge in [-0.1, -0.05) is 29.8 Å². The minimum Gasteiger partial charge on any atom is -0.482 e. The molecule has 1 atom stereocenters. The Morgan fingerprint density at radius 3 is 2.59 bits per heavy atom. The average molecular weight is 388 g/mol. The third-order valence-electron chi connectivity index (χ3n) is 4.54. The maximum Gasteiger partial charge on any atom is 0.344 e. The number of aryl methyl sites for hydroxylation is 2. The van der Waals surface area contributed by atoms with E-state index < -0.39 is 5.97 Å². The van der Waals surface area contributed by atoms with Crippen LogP contribution < -0.4 is 10.1 Å². The number of halogens is 1. The summed E-state index contributed by atoms with van der Waals surface area (Å²) in [5.41, 5.74) is 3.53. The van der Waals surface area contributed by atoms with Gasteiger partial charge in [0.25, 0.3) is 5.91 Å². The second-order valence-corrected chi connectivity index (χ2v) is 7.01. The first-order valence-electron chi connectivity index (χ1n) is 8.96. The fraction of sp³-hybridized carbons (Fsp3) is 0.333. The van der Waals surface area contributed by atoms with Gasteiger partial charge in [0.1, 0.15) is 5.75 Å². The smallest absolute Gasteiger partial charge is 0.344 e. The van der Waals surface area contributed by atoms with E-state index in [4.69, 9.17) is 21.1 Å². The monoisotopic (exact) mass is 387 g/mol. The first-order chi connectivity index (χ1) is 13.0. The van der Waals surface area contributed by atoms with Crippen molar-refractivity contribution in [2.45, 2.75) is 32.2 Å². The Morgan fingerprint density at radius 1 is 1.07 bits per heavy atom. The number of fused-ring (bicyclic) bond motifs is 1. The van der Waals surface area contributed by atoms with Gasteiger partial charge in [-0.2, -0.15) is 0 Å². The third kappa shape index (κ3) is 5.47. The van der Waals surface area contributed by atoms with Gasteiger partial charge < -0.3 is 14.8 Å². The Hall–Kier alpha value is -2.53. The molecule has 0 spiro atoms. The molecule has 0 aromatic heterocycles. The minimum absolute atomic E-state index is 0.212. The number of hydrogen-bond acceptors (Lipinski definition) is 4. The molecular weight excluding hydrogens is 366 g/mol. The molecule has 6 heteroatoms. The fourth-order valence-electron chi connectivity index (χ4n) is 3.09. The summed E-state index contributed by atoms with van der Waals surface area (Å²) in [4.78, 5) is 23.8. The molecule has 1 aliphatic rings. The summed E-state index contributed by atoms with van der Waals surface area (Å²) in [6, 6.07) is 12.8. The number of carbonyl (C=O) groups is 2. The molecule has 1 amide bonds. The zero-order valence-corrected chi connectivity index (χ0v) is 15.9. The lowest BCUT2D eigenvalue weighted by molar-refractivity contribution is -0.150. The zero-order valence-electron chi connectivity index (χ0n) is 15.2. The summed E-state index contributed by atoms with van der Waals surface area (Å²) < 4.78 is 10.4. The van der Waals surface area contributed by atoms with Crippen LogP contribution in [-0.4, -0.2) is 25.1 Å². The van der Waals surface area contributed by atoms with E-state index in [2.05, 4.69) is 5.32 Å². The van der Waals surface area contributed by atoms with Crippen LogP contribution in [0.3, 0.4) is 0 Å². The normalized spacial score (nSPS) is 13.6. The predicted octanol–water partition coefficient (Wildman–Crippen LogP) is 3.63. The molecule has 2 aromatic rings. The molecule has 0 aliphatic heterocycles. The van der Waals surface area contributed by atoms with Crippen LogP contribution in [0.15, 0.2) is 42.5 Å². The standard InChI is InChI=1S/C21H22ClNO4/c1-14(15-5-8-18(22)9-6-15)23-20(24)12-27-21(25)13-26-19-10-7-16-3-2-4-17(16)11-19/h5-11,14H,2-4,12-13H2,1H3,(H,23,24)/t14-/m0/s1. The van der Waals surface area contributed by atoms with Crippen LogP contribution in [0.1, 0.15) is 36.1 Å². The second-order valence-electron chi connectivity index (χ2n) is 6.57. The van der Waals surface area contributed by atoms with Crippen molar-refractivity contribution in [2.24, 2.45) is 0 Å². The molecule has 0 heterocycles. The van der Waals surface area contributed by atoms with E-state index in [9.17, 15) is 9.59 Å². The van der Waals surface area contributed by atoms with E-state index >= 15 is 0 Å². The molecule has 0 saturated carbocycles. The third-order valence-corrected chi connectivity index (χ3v) is 4.79. The Balaban J connectivity index is 1.39. The van der Waals surface area contributed by atoms with Crippen LogP contribution in [0.5, 0.6) is 5.75 Å². The summed E-state index contributed by atoms with van der Waals surface area (Å²) >= 11 is 5.85. The van der Waals surface area contributed by atoms with Gasteiger partial charge in [0.15, 0.2) is 13.2 Å². The van der Waals surface area contributed by atoms with Gasteiger partial charge in [-0.05, 0) is 67.1 Å². The summed E-state index contributed by atoms with van der Waals surface area (Å²) in [6.45, 7) is 1.28. The van der Waals surface area contributed by atoms with Crippen LogP contribution in [-0.2, 0) is 27.2 Å². The summed E-state index contributed by atoms with van der Waals surface area (Å²) in [7, 11) is 0. The Bertz CT molecular complexity index is 819. The van der Waals surface area contributed by atoms with Crippen molar-refractivity contribution in [1.29, 1.82) is 0 Å². The highest BCUT2D eigenvalue weighted by molar-refractivity contribution is 6.30. The van der Waals surface area contributed by atoms with Crippen molar-refractivity contribution in [3.63, 3.8) is 0 Å². The maximum atomic E-state index is 11.9. The van der Waals surface area contributed by atoms with Crippen molar-refractivity contribution in [2.75, 3.05) is 13.2 Å². The lowest BCUT2D eigenvalue weighted by Gasteiger charge is -2.14. The summed E-state index contributed by atoms with van der Waals surface area (Å²) in [6.07, 6.45) is 3.30. The van der Waals surface area contributed by atoms with Gasteiger partial charge in [-0.15, -0.1) is 0 Å². The maximum absolute atomic E-state index is 11.9. The number of esters is 1. The van der Waals surface area contributed by atoms with Gasteiger partial charge in [-0.3, -0.25) is 4.79 Å². The highest BCUT2D eigenvalue weighted by atomic mass is 35.5. The number of amides is 1. The number of ether oxygens (including phenoxy) is 2. The minimum atomic E-state index is -0.579. The first kappa shape index (κ1) is 19.2. The van der Waals surface area contributed by atoms with Gasteiger partial charge in [0, 0.05) is 5.02 Å². The topological polar surface area (TPSA) is 64.6 Å². The SMILES string of the molecule is C[C@H](NC(=O)COC(=O)COc1ccc2c(c1)CCC2)c1ccc(Cl)cc1. The molecule has 1 aliphatic carbocycles. The van der Waals surface area contributed by atoms with Gasteiger partial charge in [0.05, 0.1) is 6.04 Å². The number of hydrogen-bond donors (Lipinski definition) is 1. The molecule has 1 N–H and O–H groups in total. The van der Waals surface area contributed by atoms with Gasteiger partial charge >= 0.3 is 5.97 Å². The van der Waals surface area contributed by atoms with Gasteiger partial charge in [-0.25, -0.2) is 4.79 Å². The van der Waals surface area contributed by atoms with E-state index in [1.807, 2.05) is 37.3 Å². The van der Waals surface area contributed by atoms with Crippen LogP contribution in [0.2, 0.25) is 5.02 Å². The van der Waals surface area contributed by atoms with E-state index in [0.717, 1.165) is 24.8 Å². The summed E-state index contributed by atoms with van der Waals surface area (Å²) in [5.74, 6) is -0.304. The van der Waals surface area contributed by atoms with Crippen molar-refractivity contribution in [3.05, 3.63) is 64.2 Å². The van der Waals surface area contributed by atoms with Crippen molar-refractivity contribution < 1.29 is 19.1 Å². The number of carbonyl (C=O) groups excluding carboxylic acids is 2. The van der Waals surface area contributed by atoms with Crippen LogP contribution >= 0.6 is 11.6 Å². The highest BCUT2D eigenvalue weighted by Gasteiger charge is 2.14. The molecule has 0 saturated heterocycles. The molecule has 0 radical (unpaired) electrons. The predicted molar refractivity (Wildman–Crippen MR) is 103 cm³/mol. The lowest BCUT2D eigenvalue weighted by atomic mass is 10.1. The van der Waals surface area contributed by atoms with E-state index in [1.54, 1.807) is 12.1 Å². The molecule has 3 rings (SSSR count). The van der Waals surface area contributed by atoms with Gasteiger partial charge in [0.2, 0.25) is 0 Å². The quantitative estimate of drug-likeness (QED) is 0.737. The van der Waals surface area contributed by atoms with E-state index in [1.165, 1.54) is 11.1 Å². The average Bonchev–Trinajstić information content (AvgIpc) is 3.13. The van der Waals surface area contributed by atoms with E-state index in [-0.39, 0.29) is 25.2 Å². The molecule has 0 bridgehead atoms. The molecular formula is C21H22ClNO4. The van der Waals surface area contributed by atoms with Crippen molar-refractivity contribution in [1.82, 2.24) is 5.32 Å². The number of benzene rings is 2. The molecule has 5 nitrogen and oxygen atoms in total. The first-order valence-corrected chi connectivity index (χ1v) is 9.34. The van der Waals surface area contributed by atoms with Crippen molar-refractivity contribution >= 4 is 23.5 Å². The van der Waals surface area contributed by atoms with E-state index in [0.29, 0.717) is 10.8 Å². The van der Waals surface area contributed by atoms with Crippen LogP contribution in [0.25, 0.3) is 0 Å². The molecule has 0 fully saturated rings. The number of rotatable bonds is 7. The Labute approximate surface area is 163 Å².